The molecule has 0 radical (unpaired) electrons. The van der Waals surface area contributed by atoms with E-state index in [0.29, 0.717) is 63.1 Å². The molecule has 1 saturated carbocycles. The summed E-state index contributed by atoms with van der Waals surface area (Å²) < 4.78 is 15.8. The molecule has 0 unspecified atom stereocenters. The molecule has 3 heterocycles. The van der Waals surface area contributed by atoms with Gasteiger partial charge in [-0.3, -0.25) is 4.98 Å². The van der Waals surface area contributed by atoms with E-state index in [1.54, 1.807) is 19.1 Å². The van der Waals surface area contributed by atoms with Crippen LogP contribution < -0.4 is 10.6 Å². The quantitative estimate of drug-likeness (QED) is 0.163. The minimum Gasteiger partial charge on any atom is -0.377 e. The highest BCUT2D eigenvalue weighted by molar-refractivity contribution is 6.35. The molecule has 11 heteroatoms. The fraction of sp³-hybridized carbons (Fsp3) is 0.250. The van der Waals surface area contributed by atoms with E-state index in [1.165, 1.54) is 12.3 Å². The second kappa shape index (κ2) is 12.0. The fourth-order valence-corrected chi connectivity index (χ4v) is 5.51. The third kappa shape index (κ3) is 5.97. The zero-order valence-electron chi connectivity index (χ0n) is 23.3. The minimum atomic E-state index is -0.564. The van der Waals surface area contributed by atoms with Crippen molar-refractivity contribution in [1.82, 2.24) is 25.0 Å². The lowest BCUT2D eigenvalue weighted by atomic mass is 10.00. The van der Waals surface area contributed by atoms with Crippen LogP contribution in [-0.2, 0) is 0 Å². The van der Waals surface area contributed by atoms with Gasteiger partial charge in [-0.15, -0.1) is 5.10 Å². The molecule has 1 fully saturated rings. The maximum Gasteiger partial charge on any atom is 0.213 e. The van der Waals surface area contributed by atoms with Crippen LogP contribution >= 0.6 is 11.6 Å². The monoisotopic (exact) mass is 591 g/mol. The van der Waals surface area contributed by atoms with Gasteiger partial charge in [0.25, 0.3) is 0 Å². The first-order valence-corrected chi connectivity index (χ1v) is 14.3. The number of aryl methyl sites for hydroxylation is 1. The van der Waals surface area contributed by atoms with Gasteiger partial charge < -0.3 is 10.6 Å². The summed E-state index contributed by atoms with van der Waals surface area (Å²) in [6.07, 6.45) is 6.39. The number of benzene rings is 2. The molecule has 9 nitrogen and oxygen atoms in total. The Morgan fingerprint density at radius 3 is 2.65 bits per heavy atom. The van der Waals surface area contributed by atoms with Crippen LogP contribution in [0.1, 0.15) is 71.9 Å². The topological polar surface area (TPSA) is 128 Å². The van der Waals surface area contributed by atoms with Gasteiger partial charge in [-0.05, 0) is 49.9 Å². The van der Waals surface area contributed by atoms with Gasteiger partial charge in [0.05, 0.1) is 52.2 Å². The molecule has 2 aromatic carbocycles. The average molecular weight is 592 g/mol. The molecule has 6 rings (SSSR count). The summed E-state index contributed by atoms with van der Waals surface area (Å²) in [4.78, 5) is 8.53. The maximum atomic E-state index is 14.0. The highest BCUT2D eigenvalue weighted by Gasteiger charge is 2.28. The smallest absolute Gasteiger partial charge is 0.213 e. The average Bonchev–Trinajstić information content (AvgIpc) is 3.75. The van der Waals surface area contributed by atoms with Gasteiger partial charge >= 0.3 is 0 Å². The van der Waals surface area contributed by atoms with E-state index in [-0.39, 0.29) is 6.04 Å². The molecule has 0 amide bonds. The predicted molar refractivity (Wildman–Crippen MR) is 162 cm³/mol. The number of hydrogen-bond acceptors (Lipinski definition) is 8. The van der Waals surface area contributed by atoms with Crippen molar-refractivity contribution in [3.63, 3.8) is 0 Å². The molecule has 43 heavy (non-hydrogen) atoms. The number of rotatable bonds is 10. The van der Waals surface area contributed by atoms with Gasteiger partial charge in [-0.1, -0.05) is 53.2 Å². The van der Waals surface area contributed by atoms with E-state index in [4.69, 9.17) is 11.6 Å². The van der Waals surface area contributed by atoms with Crippen LogP contribution in [0, 0.1) is 35.5 Å². The van der Waals surface area contributed by atoms with Crippen molar-refractivity contribution in [2.45, 2.75) is 50.7 Å². The van der Waals surface area contributed by atoms with Crippen LogP contribution in [0.4, 0.5) is 15.8 Å². The van der Waals surface area contributed by atoms with E-state index < -0.39 is 12.0 Å². The zero-order chi connectivity index (χ0) is 29.9. The largest absolute Gasteiger partial charge is 0.377 e. The Kier molecular flexibility index (Phi) is 7.86. The third-order valence-electron chi connectivity index (χ3n) is 7.57. The number of nitriles is 2. The molecular weight excluding hydrogens is 565 g/mol. The summed E-state index contributed by atoms with van der Waals surface area (Å²) in [6, 6.07) is 20.5. The normalized spacial score (nSPS) is 14.1. The van der Waals surface area contributed by atoms with Crippen molar-refractivity contribution in [3.8, 4) is 12.1 Å². The fourth-order valence-electron chi connectivity index (χ4n) is 5.24. The molecule has 0 bridgehead atoms. The molecule has 2 atom stereocenters. The number of fused-ring (bicyclic) bond motifs is 1. The molecule has 3 aromatic heterocycles. The summed E-state index contributed by atoms with van der Waals surface area (Å²) in [5.74, 6) is -0.564. The van der Waals surface area contributed by atoms with Gasteiger partial charge in [0.1, 0.15) is 11.8 Å². The van der Waals surface area contributed by atoms with Crippen molar-refractivity contribution >= 4 is 33.9 Å². The van der Waals surface area contributed by atoms with Crippen LogP contribution in [0.3, 0.4) is 0 Å². The second-order valence-electron chi connectivity index (χ2n) is 10.6. The second-order valence-corrected chi connectivity index (χ2v) is 11.0. The molecule has 1 aliphatic rings. The molecule has 0 spiro atoms. The van der Waals surface area contributed by atoms with Crippen molar-refractivity contribution in [1.29, 1.82) is 10.5 Å². The number of halogens is 2. The SMILES string of the molecule is Cc1nc(F)ccc1[C@@H](Nc1cc(Cl)c2ncc(C#N)c(N[C@H](CCC#N)c3ccccc3)c2c1)c1cn(C2CC2)nn1. The lowest BCUT2D eigenvalue weighted by Gasteiger charge is -2.23. The molecule has 0 aliphatic heterocycles. The van der Waals surface area contributed by atoms with Crippen molar-refractivity contribution in [3.05, 3.63) is 106 Å². The van der Waals surface area contributed by atoms with Crippen LogP contribution in [0.25, 0.3) is 10.9 Å². The lowest BCUT2D eigenvalue weighted by Crippen LogP contribution is -2.16. The Morgan fingerprint density at radius 1 is 1.12 bits per heavy atom. The molecule has 0 saturated heterocycles. The van der Waals surface area contributed by atoms with Gasteiger partial charge in [-0.2, -0.15) is 14.9 Å². The number of anilines is 2. The lowest BCUT2D eigenvalue weighted by molar-refractivity contribution is 0.577. The number of pyridine rings is 2. The summed E-state index contributed by atoms with van der Waals surface area (Å²) >= 11 is 6.80. The van der Waals surface area contributed by atoms with Gasteiger partial charge in [0.15, 0.2) is 0 Å². The third-order valence-corrected chi connectivity index (χ3v) is 7.86. The number of aromatic nitrogens is 5. The Labute approximate surface area is 253 Å². The number of nitrogens with one attached hydrogen (secondary N) is 2. The Hall–Kier alpha value is -5.06. The molecule has 5 aromatic rings. The van der Waals surface area contributed by atoms with Gasteiger partial charge in [-0.25, -0.2) is 9.67 Å². The van der Waals surface area contributed by atoms with E-state index in [9.17, 15) is 14.9 Å². The zero-order valence-corrected chi connectivity index (χ0v) is 24.1. The van der Waals surface area contributed by atoms with Gasteiger partial charge in [0.2, 0.25) is 5.95 Å². The Bertz CT molecular complexity index is 1870. The number of hydrogen-bond donors (Lipinski definition) is 2. The van der Waals surface area contributed by atoms with Crippen molar-refractivity contribution < 1.29 is 4.39 Å². The standard InChI is InChI=1S/C32H27ClFN9/c1-19-24(11-12-29(34)38-19)32(28-18-43(42-41-28)23-9-10-23)39-22-14-25-30(21(16-36)17-37-31(25)26(33)15-22)40-27(8-5-13-35)20-6-3-2-4-7-20/h2-4,6-7,11-12,14-15,17-18,23,27,32,39H,5,8-10H2,1H3,(H,37,40)/t27-,32-/m1/s1. The van der Waals surface area contributed by atoms with Crippen LogP contribution in [0.5, 0.6) is 0 Å². The van der Waals surface area contributed by atoms with Crippen LogP contribution in [0.15, 0.2) is 67.0 Å². The Balaban J connectivity index is 1.44. The maximum absolute atomic E-state index is 14.0. The van der Waals surface area contributed by atoms with Crippen molar-refractivity contribution in [2.75, 3.05) is 10.6 Å². The number of nitrogens with zero attached hydrogens (tertiary/aromatic N) is 7. The first kappa shape index (κ1) is 28.1. The first-order valence-electron chi connectivity index (χ1n) is 14.0. The first-order chi connectivity index (χ1) is 20.9. The van der Waals surface area contributed by atoms with Gasteiger partial charge in [0, 0.05) is 34.9 Å². The van der Waals surface area contributed by atoms with Crippen LogP contribution in [0.2, 0.25) is 5.02 Å². The molecular formula is C32H27ClFN9. The van der Waals surface area contributed by atoms with Crippen LogP contribution in [-0.4, -0.2) is 25.0 Å². The van der Waals surface area contributed by atoms with E-state index in [0.717, 1.165) is 24.0 Å². The highest BCUT2D eigenvalue weighted by Crippen LogP contribution is 2.39. The highest BCUT2D eigenvalue weighted by atomic mass is 35.5. The Morgan fingerprint density at radius 2 is 1.93 bits per heavy atom. The van der Waals surface area contributed by atoms with Crippen molar-refractivity contribution in [2.24, 2.45) is 0 Å². The van der Waals surface area contributed by atoms with E-state index in [1.807, 2.05) is 47.3 Å². The molecule has 214 valence electrons. The summed E-state index contributed by atoms with van der Waals surface area (Å²) in [7, 11) is 0. The molecule has 2 N–H and O–H groups in total. The summed E-state index contributed by atoms with van der Waals surface area (Å²) in [6.45, 7) is 1.75. The molecule has 1 aliphatic carbocycles. The van der Waals surface area contributed by atoms with E-state index >= 15 is 0 Å². The predicted octanol–water partition coefficient (Wildman–Crippen LogP) is 7.19. The minimum absolute atomic E-state index is 0.230. The summed E-state index contributed by atoms with van der Waals surface area (Å²) in [5, 5.41) is 36.2. The summed E-state index contributed by atoms with van der Waals surface area (Å²) in [5.41, 5.74) is 4.99. The van der Waals surface area contributed by atoms with E-state index in [2.05, 4.69) is 43.1 Å².